The topological polar surface area (TPSA) is 80.8 Å². The van der Waals surface area contributed by atoms with Gasteiger partial charge in [-0.25, -0.2) is 9.78 Å². The Morgan fingerprint density at radius 2 is 1.90 bits per heavy atom. The molecule has 0 saturated carbocycles. The fraction of sp³-hybridized carbons (Fsp3) is 0.409. The molecule has 1 aromatic heterocycles. The number of benzene rings is 1. The van der Waals surface area contributed by atoms with Crippen LogP contribution in [0.2, 0.25) is 0 Å². The highest BCUT2D eigenvalue weighted by molar-refractivity contribution is 5.93. The predicted molar refractivity (Wildman–Crippen MR) is 109 cm³/mol. The predicted octanol–water partition coefficient (Wildman–Crippen LogP) is 2.42. The molecule has 1 saturated heterocycles. The summed E-state index contributed by atoms with van der Waals surface area (Å²) in [6.45, 7) is 4.65. The molecule has 154 valence electrons. The summed E-state index contributed by atoms with van der Waals surface area (Å²) in [6.07, 6.45) is 3.30. The SMILES string of the molecule is CCOc1ncccc1C(=O)OCC(=O)NC1CCN(Cc2ccccc2)CC1. The van der Waals surface area contributed by atoms with Crippen LogP contribution < -0.4 is 10.1 Å². The van der Waals surface area contributed by atoms with Gasteiger partial charge in [-0.3, -0.25) is 9.69 Å². The molecule has 0 aliphatic carbocycles. The number of aromatic nitrogens is 1. The second-order valence-corrected chi connectivity index (χ2v) is 6.97. The van der Waals surface area contributed by atoms with Gasteiger partial charge in [-0.2, -0.15) is 0 Å². The second-order valence-electron chi connectivity index (χ2n) is 6.97. The minimum atomic E-state index is -0.616. The molecular weight excluding hydrogens is 370 g/mol. The van der Waals surface area contributed by atoms with Gasteiger partial charge in [-0.15, -0.1) is 0 Å². The Kier molecular flexibility index (Phi) is 7.58. The maximum atomic E-state index is 12.2. The van der Waals surface area contributed by atoms with E-state index in [4.69, 9.17) is 9.47 Å². The summed E-state index contributed by atoms with van der Waals surface area (Å²) in [4.78, 5) is 30.8. The highest BCUT2D eigenvalue weighted by atomic mass is 16.5. The lowest BCUT2D eigenvalue weighted by atomic mass is 10.0. The van der Waals surface area contributed by atoms with E-state index in [2.05, 4.69) is 27.3 Å². The quantitative estimate of drug-likeness (QED) is 0.689. The van der Waals surface area contributed by atoms with Crippen LogP contribution >= 0.6 is 0 Å². The van der Waals surface area contributed by atoms with Gasteiger partial charge in [0.1, 0.15) is 5.56 Å². The first-order chi connectivity index (χ1) is 14.2. The number of piperidine rings is 1. The highest BCUT2D eigenvalue weighted by Crippen LogP contribution is 2.16. The Bertz CT molecular complexity index is 805. The van der Waals surface area contributed by atoms with Gasteiger partial charge in [0, 0.05) is 31.9 Å². The number of pyridine rings is 1. The zero-order valence-corrected chi connectivity index (χ0v) is 16.7. The van der Waals surface area contributed by atoms with Crippen LogP contribution in [-0.2, 0) is 16.1 Å². The normalized spacial score (nSPS) is 14.9. The van der Waals surface area contributed by atoms with E-state index in [1.165, 1.54) is 5.56 Å². The van der Waals surface area contributed by atoms with Gasteiger partial charge in [0.15, 0.2) is 6.61 Å². The van der Waals surface area contributed by atoms with Crippen LogP contribution in [-0.4, -0.2) is 54.1 Å². The fourth-order valence-corrected chi connectivity index (χ4v) is 3.35. The number of likely N-dealkylation sites (tertiary alicyclic amines) is 1. The van der Waals surface area contributed by atoms with E-state index >= 15 is 0 Å². The van der Waals surface area contributed by atoms with E-state index in [0.29, 0.717) is 6.61 Å². The Labute approximate surface area is 171 Å². The van der Waals surface area contributed by atoms with Gasteiger partial charge in [0.2, 0.25) is 5.88 Å². The van der Waals surface area contributed by atoms with Crippen molar-refractivity contribution in [3.63, 3.8) is 0 Å². The van der Waals surface area contributed by atoms with Crippen LogP contribution in [0, 0.1) is 0 Å². The van der Waals surface area contributed by atoms with E-state index in [9.17, 15) is 9.59 Å². The number of hydrogen-bond donors (Lipinski definition) is 1. The van der Waals surface area contributed by atoms with Crippen LogP contribution in [0.15, 0.2) is 48.7 Å². The highest BCUT2D eigenvalue weighted by Gasteiger charge is 2.22. The maximum Gasteiger partial charge on any atom is 0.344 e. The minimum absolute atomic E-state index is 0.102. The van der Waals surface area contributed by atoms with Crippen molar-refractivity contribution in [1.82, 2.24) is 15.2 Å². The number of nitrogens with zero attached hydrogens (tertiary/aromatic N) is 2. The number of amides is 1. The zero-order valence-electron chi connectivity index (χ0n) is 16.7. The molecule has 0 unspecified atom stereocenters. The molecule has 1 fully saturated rings. The van der Waals surface area contributed by atoms with Crippen LogP contribution in [0.1, 0.15) is 35.7 Å². The first-order valence-electron chi connectivity index (χ1n) is 9.96. The standard InChI is InChI=1S/C22H27N3O4/c1-2-28-21-19(9-6-12-23-21)22(27)29-16-20(26)24-18-10-13-25(14-11-18)15-17-7-4-3-5-8-17/h3-9,12,18H,2,10-11,13-16H2,1H3,(H,24,26). The van der Waals surface area contributed by atoms with Crippen molar-refractivity contribution in [2.24, 2.45) is 0 Å². The summed E-state index contributed by atoms with van der Waals surface area (Å²) in [5, 5.41) is 2.96. The lowest BCUT2D eigenvalue weighted by Gasteiger charge is -2.32. The molecule has 1 aliphatic rings. The molecule has 2 heterocycles. The van der Waals surface area contributed by atoms with Gasteiger partial charge in [0.05, 0.1) is 6.61 Å². The van der Waals surface area contributed by atoms with Gasteiger partial charge >= 0.3 is 5.97 Å². The molecule has 1 amide bonds. The van der Waals surface area contributed by atoms with Crippen molar-refractivity contribution in [3.8, 4) is 5.88 Å². The molecule has 1 aliphatic heterocycles. The number of hydrogen-bond acceptors (Lipinski definition) is 6. The molecule has 1 N–H and O–H groups in total. The van der Waals surface area contributed by atoms with Crippen molar-refractivity contribution < 1.29 is 19.1 Å². The van der Waals surface area contributed by atoms with E-state index in [1.807, 2.05) is 25.1 Å². The number of rotatable bonds is 8. The molecule has 0 bridgehead atoms. The third-order valence-corrected chi connectivity index (χ3v) is 4.81. The monoisotopic (exact) mass is 397 g/mol. The van der Waals surface area contributed by atoms with Crippen molar-refractivity contribution in [1.29, 1.82) is 0 Å². The van der Waals surface area contributed by atoms with Crippen LogP contribution in [0.25, 0.3) is 0 Å². The van der Waals surface area contributed by atoms with E-state index in [0.717, 1.165) is 32.5 Å². The molecule has 0 atom stereocenters. The zero-order chi connectivity index (χ0) is 20.5. The van der Waals surface area contributed by atoms with Crippen LogP contribution in [0.5, 0.6) is 5.88 Å². The molecule has 29 heavy (non-hydrogen) atoms. The Morgan fingerprint density at radius 3 is 2.62 bits per heavy atom. The number of esters is 1. The lowest BCUT2D eigenvalue weighted by Crippen LogP contribution is -2.45. The van der Waals surface area contributed by atoms with Gasteiger partial charge in [-0.1, -0.05) is 30.3 Å². The number of carbonyl (C=O) groups is 2. The number of nitrogens with one attached hydrogen (secondary N) is 1. The molecule has 0 spiro atoms. The summed E-state index contributed by atoms with van der Waals surface area (Å²) in [7, 11) is 0. The summed E-state index contributed by atoms with van der Waals surface area (Å²) in [5.74, 6) is -0.692. The van der Waals surface area contributed by atoms with E-state index in [1.54, 1.807) is 18.3 Å². The average Bonchev–Trinajstić information content (AvgIpc) is 2.75. The van der Waals surface area contributed by atoms with Crippen molar-refractivity contribution in [2.45, 2.75) is 32.4 Å². The van der Waals surface area contributed by atoms with Crippen molar-refractivity contribution in [3.05, 3.63) is 59.8 Å². The maximum absolute atomic E-state index is 12.2. The van der Waals surface area contributed by atoms with E-state index in [-0.39, 0.29) is 30.0 Å². The number of carbonyl (C=O) groups excluding carboxylic acids is 2. The molecular formula is C22H27N3O4. The second kappa shape index (κ2) is 10.6. The third-order valence-electron chi connectivity index (χ3n) is 4.81. The third kappa shape index (κ3) is 6.29. The number of ether oxygens (including phenoxy) is 2. The van der Waals surface area contributed by atoms with Gasteiger partial charge in [0.25, 0.3) is 5.91 Å². The largest absolute Gasteiger partial charge is 0.477 e. The van der Waals surface area contributed by atoms with Crippen molar-refractivity contribution in [2.75, 3.05) is 26.3 Å². The first-order valence-corrected chi connectivity index (χ1v) is 9.96. The first kappa shape index (κ1) is 20.8. The average molecular weight is 397 g/mol. The van der Waals surface area contributed by atoms with Gasteiger partial charge < -0.3 is 14.8 Å². The van der Waals surface area contributed by atoms with E-state index < -0.39 is 5.97 Å². The summed E-state index contributed by atoms with van der Waals surface area (Å²) >= 11 is 0. The van der Waals surface area contributed by atoms with Crippen LogP contribution in [0.3, 0.4) is 0 Å². The van der Waals surface area contributed by atoms with Crippen LogP contribution in [0.4, 0.5) is 0 Å². The summed E-state index contributed by atoms with van der Waals surface area (Å²) < 4.78 is 10.5. The molecule has 7 nitrogen and oxygen atoms in total. The van der Waals surface area contributed by atoms with Crippen molar-refractivity contribution >= 4 is 11.9 Å². The Hall–Kier alpha value is -2.93. The fourth-order valence-electron chi connectivity index (χ4n) is 3.35. The molecule has 2 aromatic rings. The Morgan fingerprint density at radius 1 is 1.14 bits per heavy atom. The lowest BCUT2D eigenvalue weighted by molar-refractivity contribution is -0.125. The smallest absolute Gasteiger partial charge is 0.344 e. The summed E-state index contributed by atoms with van der Waals surface area (Å²) in [5.41, 5.74) is 1.51. The molecule has 7 heteroatoms. The molecule has 1 aromatic carbocycles. The minimum Gasteiger partial charge on any atom is -0.477 e. The van der Waals surface area contributed by atoms with Gasteiger partial charge in [-0.05, 0) is 37.5 Å². The molecule has 0 radical (unpaired) electrons. The summed E-state index contributed by atoms with van der Waals surface area (Å²) in [6, 6.07) is 13.7. The molecule has 3 rings (SSSR count). The Balaban J connectivity index is 1.40.